The monoisotopic (exact) mass is 331 g/mol. The van der Waals surface area contributed by atoms with Gasteiger partial charge in [0, 0.05) is 11.4 Å². The van der Waals surface area contributed by atoms with Crippen molar-refractivity contribution in [2.45, 2.75) is 6.18 Å². The van der Waals surface area contributed by atoms with Crippen LogP contribution >= 0.6 is 0 Å². The lowest BCUT2D eigenvalue weighted by atomic mass is 10.1. The molecule has 0 aliphatic carbocycles. The van der Waals surface area contributed by atoms with Crippen LogP contribution in [0.3, 0.4) is 0 Å². The van der Waals surface area contributed by atoms with E-state index in [0.717, 1.165) is 23.3 Å². The van der Waals surface area contributed by atoms with Crippen LogP contribution in [-0.4, -0.2) is 0 Å². The predicted molar refractivity (Wildman–Crippen MR) is 86.6 cm³/mol. The van der Waals surface area contributed by atoms with Crippen LogP contribution in [0.4, 0.5) is 28.9 Å². The zero-order valence-corrected chi connectivity index (χ0v) is 12.4. The first kappa shape index (κ1) is 16.1. The average Bonchev–Trinajstić information content (AvgIpc) is 2.57. The molecule has 0 aliphatic heterocycles. The maximum atomic E-state index is 13.3. The third-order valence-corrected chi connectivity index (χ3v) is 3.55. The van der Waals surface area contributed by atoms with Gasteiger partial charge in [0.05, 0.1) is 5.56 Å². The maximum Gasteiger partial charge on any atom is 0.419 e. The summed E-state index contributed by atoms with van der Waals surface area (Å²) in [6, 6.07) is 19.8. The first-order chi connectivity index (χ1) is 11.4. The number of alkyl halides is 3. The van der Waals surface area contributed by atoms with Gasteiger partial charge < -0.3 is 5.32 Å². The van der Waals surface area contributed by atoms with Crippen molar-refractivity contribution < 1.29 is 17.6 Å². The summed E-state index contributed by atoms with van der Waals surface area (Å²) < 4.78 is 51.5. The largest absolute Gasteiger partial charge is 0.419 e. The summed E-state index contributed by atoms with van der Waals surface area (Å²) in [6.07, 6.45) is -4.72. The normalized spacial score (nSPS) is 11.3. The Kier molecular flexibility index (Phi) is 4.25. The fourth-order valence-corrected chi connectivity index (χ4v) is 2.36. The third kappa shape index (κ3) is 3.56. The fourth-order valence-electron chi connectivity index (χ4n) is 2.36. The van der Waals surface area contributed by atoms with Gasteiger partial charge in [-0.3, -0.25) is 0 Å². The molecule has 0 fully saturated rings. The zero-order chi connectivity index (χ0) is 17.2. The van der Waals surface area contributed by atoms with Gasteiger partial charge in [-0.1, -0.05) is 42.5 Å². The maximum absolute atomic E-state index is 13.3. The van der Waals surface area contributed by atoms with E-state index in [9.17, 15) is 17.6 Å². The van der Waals surface area contributed by atoms with Crippen molar-refractivity contribution in [3.8, 4) is 11.1 Å². The van der Waals surface area contributed by atoms with Crippen molar-refractivity contribution >= 4 is 11.4 Å². The van der Waals surface area contributed by atoms with Gasteiger partial charge in [-0.05, 0) is 41.5 Å². The van der Waals surface area contributed by atoms with Crippen LogP contribution in [0, 0.1) is 5.82 Å². The van der Waals surface area contributed by atoms with Crippen LogP contribution in [0.15, 0.2) is 72.8 Å². The molecule has 122 valence electrons. The third-order valence-electron chi connectivity index (χ3n) is 3.55. The number of nitrogens with one attached hydrogen (secondary N) is 1. The van der Waals surface area contributed by atoms with Crippen molar-refractivity contribution in [2.75, 3.05) is 5.32 Å². The van der Waals surface area contributed by atoms with E-state index in [2.05, 4.69) is 5.32 Å². The Morgan fingerprint density at radius 3 is 1.88 bits per heavy atom. The van der Waals surface area contributed by atoms with Crippen LogP contribution in [0.25, 0.3) is 11.1 Å². The molecule has 5 heteroatoms. The van der Waals surface area contributed by atoms with E-state index < -0.39 is 17.6 Å². The quantitative estimate of drug-likeness (QED) is 0.559. The van der Waals surface area contributed by atoms with E-state index in [1.165, 1.54) is 6.07 Å². The Labute approximate surface area is 136 Å². The molecule has 3 rings (SSSR count). The zero-order valence-electron chi connectivity index (χ0n) is 12.4. The summed E-state index contributed by atoms with van der Waals surface area (Å²) in [5.41, 5.74) is 1.56. The molecule has 0 atom stereocenters. The van der Waals surface area contributed by atoms with Crippen molar-refractivity contribution in [3.05, 3.63) is 84.2 Å². The SMILES string of the molecule is Fc1ccc(Nc2ccc(-c3ccccc3)cc2)cc1C(F)(F)F. The summed E-state index contributed by atoms with van der Waals surface area (Å²) in [7, 11) is 0. The standard InChI is InChI=1S/C19H13F4N/c20-18-11-10-16(12-17(18)19(21,22)23)24-15-8-6-14(7-9-15)13-4-2-1-3-5-13/h1-12,24H. The molecule has 0 amide bonds. The van der Waals surface area contributed by atoms with Gasteiger partial charge in [0.2, 0.25) is 0 Å². The number of hydrogen-bond donors (Lipinski definition) is 1. The Morgan fingerprint density at radius 2 is 1.25 bits per heavy atom. The van der Waals surface area contributed by atoms with Gasteiger partial charge in [-0.25, -0.2) is 4.39 Å². The van der Waals surface area contributed by atoms with Crippen molar-refractivity contribution in [1.29, 1.82) is 0 Å². The Morgan fingerprint density at radius 1 is 0.667 bits per heavy atom. The molecule has 0 bridgehead atoms. The lowest BCUT2D eigenvalue weighted by Crippen LogP contribution is -2.08. The van der Waals surface area contributed by atoms with E-state index in [0.29, 0.717) is 5.69 Å². The van der Waals surface area contributed by atoms with Crippen LogP contribution in [0.1, 0.15) is 5.56 Å². The van der Waals surface area contributed by atoms with E-state index in [-0.39, 0.29) is 5.69 Å². The van der Waals surface area contributed by atoms with Crippen molar-refractivity contribution in [2.24, 2.45) is 0 Å². The number of rotatable bonds is 3. The summed E-state index contributed by atoms with van der Waals surface area (Å²) in [5, 5.41) is 2.86. The van der Waals surface area contributed by atoms with Crippen LogP contribution in [-0.2, 0) is 6.18 Å². The van der Waals surface area contributed by atoms with E-state index in [1.54, 1.807) is 12.1 Å². The average molecular weight is 331 g/mol. The Bertz CT molecular complexity index is 824. The molecule has 0 unspecified atom stereocenters. The number of anilines is 2. The number of benzene rings is 3. The second-order valence-electron chi connectivity index (χ2n) is 5.26. The molecule has 0 spiro atoms. The van der Waals surface area contributed by atoms with E-state index in [1.807, 2.05) is 42.5 Å². The minimum Gasteiger partial charge on any atom is -0.356 e. The van der Waals surface area contributed by atoms with Gasteiger partial charge in [-0.15, -0.1) is 0 Å². The highest BCUT2D eigenvalue weighted by Crippen LogP contribution is 2.33. The van der Waals surface area contributed by atoms with Crippen LogP contribution in [0.2, 0.25) is 0 Å². The first-order valence-electron chi connectivity index (χ1n) is 7.23. The molecule has 1 N–H and O–H groups in total. The van der Waals surface area contributed by atoms with Crippen LogP contribution in [0.5, 0.6) is 0 Å². The molecular weight excluding hydrogens is 318 g/mol. The summed E-state index contributed by atoms with van der Waals surface area (Å²) in [5.74, 6) is -1.28. The first-order valence-corrected chi connectivity index (χ1v) is 7.23. The highest BCUT2D eigenvalue weighted by atomic mass is 19.4. The minimum absolute atomic E-state index is 0.177. The summed E-state index contributed by atoms with van der Waals surface area (Å²) in [6.45, 7) is 0. The Hall–Kier alpha value is -2.82. The minimum atomic E-state index is -4.72. The molecule has 0 aromatic heterocycles. The topological polar surface area (TPSA) is 12.0 Å². The molecule has 1 nitrogen and oxygen atoms in total. The van der Waals surface area contributed by atoms with Gasteiger partial charge in [-0.2, -0.15) is 13.2 Å². The van der Waals surface area contributed by atoms with E-state index in [4.69, 9.17) is 0 Å². The molecule has 0 heterocycles. The smallest absolute Gasteiger partial charge is 0.356 e. The van der Waals surface area contributed by atoms with Gasteiger partial charge >= 0.3 is 6.18 Å². The molecule has 3 aromatic carbocycles. The summed E-state index contributed by atoms with van der Waals surface area (Å²) in [4.78, 5) is 0. The Balaban J connectivity index is 1.82. The molecule has 0 radical (unpaired) electrons. The summed E-state index contributed by atoms with van der Waals surface area (Å²) >= 11 is 0. The lowest BCUT2D eigenvalue weighted by Gasteiger charge is -2.12. The van der Waals surface area contributed by atoms with E-state index >= 15 is 0 Å². The van der Waals surface area contributed by atoms with Crippen molar-refractivity contribution in [1.82, 2.24) is 0 Å². The second-order valence-corrected chi connectivity index (χ2v) is 5.26. The number of halogens is 4. The molecule has 0 saturated carbocycles. The predicted octanol–water partition coefficient (Wildman–Crippen LogP) is 6.26. The molecule has 0 aliphatic rings. The van der Waals surface area contributed by atoms with Gasteiger partial charge in [0.25, 0.3) is 0 Å². The van der Waals surface area contributed by atoms with Crippen molar-refractivity contribution in [3.63, 3.8) is 0 Å². The molecule has 0 saturated heterocycles. The highest BCUT2D eigenvalue weighted by molar-refractivity contribution is 5.68. The second kappa shape index (κ2) is 6.35. The van der Waals surface area contributed by atoms with Gasteiger partial charge in [0.15, 0.2) is 0 Å². The fraction of sp³-hybridized carbons (Fsp3) is 0.0526. The highest BCUT2D eigenvalue weighted by Gasteiger charge is 2.34. The van der Waals surface area contributed by atoms with Gasteiger partial charge in [0.1, 0.15) is 5.82 Å². The van der Waals surface area contributed by atoms with Crippen LogP contribution < -0.4 is 5.32 Å². The lowest BCUT2D eigenvalue weighted by molar-refractivity contribution is -0.139. The number of hydrogen-bond acceptors (Lipinski definition) is 1. The molecule has 3 aromatic rings. The molecule has 24 heavy (non-hydrogen) atoms. The molecular formula is C19H13F4N.